The zero-order valence-electron chi connectivity index (χ0n) is 4.70. The number of rotatable bonds is 0. The third-order valence-electron chi connectivity index (χ3n) is 0.882. The van der Waals surface area contributed by atoms with E-state index in [4.69, 9.17) is 10.2 Å². The average molecular weight is 229 g/mol. The summed E-state index contributed by atoms with van der Waals surface area (Å²) >= 11 is 0. The molecule has 0 saturated carbocycles. The Morgan fingerprint density at radius 3 is 1.44 bits per heavy atom. The summed E-state index contributed by atoms with van der Waals surface area (Å²) in [6.07, 6.45) is 0. The minimum atomic E-state index is -0.0764. The van der Waals surface area contributed by atoms with Crippen molar-refractivity contribution < 1.29 is 10.2 Å². The van der Waals surface area contributed by atoms with E-state index >= 15 is 0 Å². The van der Waals surface area contributed by atoms with Crippen LogP contribution in [0, 0.1) is 0 Å². The largest absolute Gasteiger partial charge is 0.504 e. The van der Waals surface area contributed by atoms with Gasteiger partial charge in [0, 0.05) is 23.9 Å². The maximum absolute atomic E-state index is 8.67. The van der Waals surface area contributed by atoms with Crippen LogP contribution < -0.4 is 0 Å². The van der Waals surface area contributed by atoms with E-state index in [2.05, 4.69) is 0 Å². The number of phenols is 2. The third kappa shape index (κ3) is 2.13. The van der Waals surface area contributed by atoms with Gasteiger partial charge in [-0.25, -0.2) is 0 Å². The van der Waals surface area contributed by atoms with Gasteiger partial charge in [-0.15, -0.1) is 0 Å². The van der Waals surface area contributed by atoms with Gasteiger partial charge in [-0.1, -0.05) is 12.1 Å². The fraction of sp³-hybridized carbons (Fsp3) is 0. The predicted molar refractivity (Wildman–Crippen MR) is 35.5 cm³/mol. The molecule has 0 aliphatic carbocycles. The van der Waals surface area contributed by atoms with Crippen molar-refractivity contribution in [3.05, 3.63) is 24.3 Å². The molecule has 0 atom stereocenters. The topological polar surface area (TPSA) is 40.5 Å². The molecule has 0 spiro atoms. The minimum Gasteiger partial charge on any atom is -0.504 e. The van der Waals surface area contributed by atoms with Crippen LogP contribution in [-0.2, 0) is 0 Å². The zero-order chi connectivity index (χ0) is 5.98. The molecule has 0 aromatic heterocycles. The molecule has 1 aromatic rings. The molecule has 2 nitrogen and oxygen atoms in total. The number of phenolic OH excluding ortho intramolecular Hbond substituents is 2. The maximum atomic E-state index is 8.67. The summed E-state index contributed by atoms with van der Waals surface area (Å²) in [4.78, 5) is 0. The van der Waals surface area contributed by atoms with Crippen molar-refractivity contribution in [2.45, 2.75) is 0 Å². The first kappa shape index (κ1) is 8.62. The number of hydrogen-bond acceptors (Lipinski definition) is 2. The Bertz CT molecular complexity index is 167. The van der Waals surface area contributed by atoms with Gasteiger partial charge in [-0.05, 0) is 12.1 Å². The van der Waals surface area contributed by atoms with E-state index in [1.807, 2.05) is 0 Å². The van der Waals surface area contributed by atoms with Crippen LogP contribution in [0.25, 0.3) is 0 Å². The summed E-state index contributed by atoms with van der Waals surface area (Å²) in [6.45, 7) is 0. The first-order chi connectivity index (χ1) is 3.80. The molecule has 0 unspecified atom stereocenters. The SMILES string of the molecule is Oc1ccccc1O.[Sn]. The van der Waals surface area contributed by atoms with Crippen molar-refractivity contribution in [1.82, 2.24) is 0 Å². The zero-order valence-corrected chi connectivity index (χ0v) is 7.56. The summed E-state index contributed by atoms with van der Waals surface area (Å²) in [7, 11) is 0. The molecule has 0 aliphatic heterocycles. The molecule has 2 N–H and O–H groups in total. The van der Waals surface area contributed by atoms with E-state index in [-0.39, 0.29) is 35.4 Å². The third-order valence-corrected chi connectivity index (χ3v) is 0.882. The van der Waals surface area contributed by atoms with Gasteiger partial charge >= 0.3 is 0 Å². The van der Waals surface area contributed by atoms with E-state index in [9.17, 15) is 0 Å². The molecule has 0 heterocycles. The second kappa shape index (κ2) is 3.61. The van der Waals surface area contributed by atoms with Crippen molar-refractivity contribution in [3.8, 4) is 11.5 Å². The molecule has 0 saturated heterocycles. The van der Waals surface area contributed by atoms with Crippen molar-refractivity contribution in [1.29, 1.82) is 0 Å². The first-order valence-corrected chi connectivity index (χ1v) is 2.27. The van der Waals surface area contributed by atoms with E-state index in [1.54, 1.807) is 12.1 Å². The first-order valence-electron chi connectivity index (χ1n) is 2.27. The summed E-state index contributed by atoms with van der Waals surface area (Å²) < 4.78 is 0. The van der Waals surface area contributed by atoms with Crippen LogP contribution in [0.2, 0.25) is 0 Å². The molecule has 0 fully saturated rings. The van der Waals surface area contributed by atoms with Gasteiger partial charge in [0.05, 0.1) is 0 Å². The predicted octanol–water partition coefficient (Wildman–Crippen LogP) is 0.717. The van der Waals surface area contributed by atoms with Gasteiger partial charge in [0.15, 0.2) is 11.5 Å². The average Bonchev–Trinajstić information content (AvgIpc) is 1.77. The molecule has 0 aliphatic rings. The molecule has 46 valence electrons. The Morgan fingerprint density at radius 2 is 1.22 bits per heavy atom. The Balaban J connectivity index is 0.000000640. The second-order valence-corrected chi connectivity index (χ2v) is 1.49. The fourth-order valence-corrected chi connectivity index (χ4v) is 0.464. The van der Waals surface area contributed by atoms with Crippen molar-refractivity contribution in [2.75, 3.05) is 0 Å². The number of benzene rings is 1. The molecule has 4 radical (unpaired) electrons. The van der Waals surface area contributed by atoms with Crippen LogP contribution in [0.4, 0.5) is 0 Å². The van der Waals surface area contributed by atoms with Gasteiger partial charge in [0.25, 0.3) is 0 Å². The normalized spacial score (nSPS) is 8.00. The van der Waals surface area contributed by atoms with Gasteiger partial charge < -0.3 is 10.2 Å². The van der Waals surface area contributed by atoms with Gasteiger partial charge in [-0.3, -0.25) is 0 Å². The molecule has 1 rings (SSSR count). The number of hydrogen-bond donors (Lipinski definition) is 2. The summed E-state index contributed by atoms with van der Waals surface area (Å²) in [5.74, 6) is -0.153. The van der Waals surface area contributed by atoms with Crippen molar-refractivity contribution >= 4 is 23.9 Å². The Hall–Kier alpha value is -0.381. The smallest absolute Gasteiger partial charge is 0.157 e. The summed E-state index contributed by atoms with van der Waals surface area (Å²) in [5.41, 5.74) is 0. The van der Waals surface area contributed by atoms with Gasteiger partial charge in [-0.2, -0.15) is 0 Å². The molecule has 0 bridgehead atoms. The van der Waals surface area contributed by atoms with Crippen molar-refractivity contribution in [3.63, 3.8) is 0 Å². The van der Waals surface area contributed by atoms with Crippen molar-refractivity contribution in [2.24, 2.45) is 0 Å². The quantitative estimate of drug-likeness (QED) is 0.508. The summed E-state index contributed by atoms with van der Waals surface area (Å²) in [6, 6.07) is 6.15. The summed E-state index contributed by atoms with van der Waals surface area (Å²) in [5, 5.41) is 17.3. The Morgan fingerprint density at radius 1 is 0.889 bits per heavy atom. The van der Waals surface area contributed by atoms with Crippen LogP contribution >= 0.6 is 0 Å². The number of para-hydroxylation sites is 2. The van der Waals surface area contributed by atoms with E-state index < -0.39 is 0 Å². The minimum absolute atomic E-state index is 0. The van der Waals surface area contributed by atoms with Gasteiger partial charge in [0.1, 0.15) is 0 Å². The van der Waals surface area contributed by atoms with E-state index in [0.717, 1.165) is 0 Å². The molecule has 1 aromatic carbocycles. The standard InChI is InChI=1S/C6H6O2.Sn/c7-5-3-1-2-4-6(5)8;/h1-4,7-8H;. The molecular formula is C6H6O2Sn. The number of aromatic hydroxyl groups is 2. The molecule has 3 heteroatoms. The molecule has 0 amide bonds. The molecule has 9 heavy (non-hydrogen) atoms. The van der Waals surface area contributed by atoms with E-state index in [0.29, 0.717) is 0 Å². The Kier molecular flexibility index (Phi) is 3.45. The van der Waals surface area contributed by atoms with Crippen LogP contribution in [0.5, 0.6) is 11.5 Å². The second-order valence-electron chi connectivity index (χ2n) is 1.49. The van der Waals surface area contributed by atoms with Crippen LogP contribution in [0.3, 0.4) is 0 Å². The van der Waals surface area contributed by atoms with Crippen LogP contribution in [0.15, 0.2) is 24.3 Å². The maximum Gasteiger partial charge on any atom is 0.157 e. The van der Waals surface area contributed by atoms with Crippen LogP contribution in [0.1, 0.15) is 0 Å². The monoisotopic (exact) mass is 230 g/mol. The fourth-order valence-electron chi connectivity index (χ4n) is 0.464. The van der Waals surface area contributed by atoms with Gasteiger partial charge in [0.2, 0.25) is 0 Å². The Labute approximate surface area is 70.1 Å². The van der Waals surface area contributed by atoms with Crippen LogP contribution in [-0.4, -0.2) is 34.1 Å². The van der Waals surface area contributed by atoms with E-state index in [1.165, 1.54) is 12.1 Å². The molecular weight excluding hydrogens is 223 g/mol.